The van der Waals surface area contributed by atoms with Crippen molar-refractivity contribution in [2.45, 2.75) is 12.7 Å². The number of benzene rings is 1. The van der Waals surface area contributed by atoms with Crippen LogP contribution in [0.5, 0.6) is 0 Å². The van der Waals surface area contributed by atoms with Crippen LogP contribution in [0.1, 0.15) is 10.4 Å². The summed E-state index contributed by atoms with van der Waals surface area (Å²) in [6.45, 7) is 1.09. The minimum absolute atomic E-state index is 0.251. The molecule has 6 heteroatoms. The van der Waals surface area contributed by atoms with E-state index in [9.17, 15) is 5.11 Å². The summed E-state index contributed by atoms with van der Waals surface area (Å²) < 4.78 is 6.34. The van der Waals surface area contributed by atoms with Crippen LogP contribution < -0.4 is 5.32 Å². The molecule has 1 aromatic heterocycles. The van der Waals surface area contributed by atoms with Gasteiger partial charge in [-0.2, -0.15) is 5.26 Å². The molecule has 0 saturated carbocycles. The Bertz CT molecular complexity index is 611. The lowest BCUT2D eigenvalue weighted by atomic mass is 10.2. The Morgan fingerprint density at radius 1 is 1.43 bits per heavy atom. The molecule has 0 aliphatic heterocycles. The smallest absolute Gasteiger partial charge is 0.101 e. The van der Waals surface area contributed by atoms with Crippen LogP contribution in [0.2, 0.25) is 0 Å². The second kappa shape index (κ2) is 8.15. The van der Waals surface area contributed by atoms with Gasteiger partial charge in [0.05, 0.1) is 30.6 Å². The first kappa shape index (κ1) is 16.0. The van der Waals surface area contributed by atoms with E-state index in [1.807, 2.05) is 29.6 Å². The molecule has 4 nitrogen and oxygen atoms in total. The van der Waals surface area contributed by atoms with Crippen molar-refractivity contribution < 1.29 is 9.84 Å². The first-order valence-corrected chi connectivity index (χ1v) is 8.08. The van der Waals surface area contributed by atoms with Gasteiger partial charge in [-0.05, 0) is 29.6 Å². The molecule has 1 atom stereocenters. The van der Waals surface area contributed by atoms with Crippen molar-refractivity contribution in [3.63, 3.8) is 0 Å². The summed E-state index contributed by atoms with van der Waals surface area (Å²) >= 11 is 4.99. The molecule has 2 rings (SSSR count). The fourth-order valence-electron chi connectivity index (χ4n) is 1.74. The highest BCUT2D eigenvalue weighted by Crippen LogP contribution is 2.20. The van der Waals surface area contributed by atoms with Crippen molar-refractivity contribution in [3.8, 4) is 6.07 Å². The Balaban J connectivity index is 1.77. The molecule has 1 heterocycles. The van der Waals surface area contributed by atoms with Crippen LogP contribution in [0, 0.1) is 11.3 Å². The van der Waals surface area contributed by atoms with Crippen LogP contribution >= 0.6 is 27.3 Å². The van der Waals surface area contributed by atoms with Crippen LogP contribution in [-0.4, -0.2) is 24.4 Å². The molecule has 21 heavy (non-hydrogen) atoms. The van der Waals surface area contributed by atoms with E-state index >= 15 is 0 Å². The number of hydrogen-bond acceptors (Lipinski definition) is 5. The van der Waals surface area contributed by atoms with E-state index in [0.29, 0.717) is 24.4 Å². The highest BCUT2D eigenvalue weighted by molar-refractivity contribution is 9.10. The fraction of sp³-hybridized carbons (Fsp3) is 0.267. The molecular weight excluding hydrogens is 352 g/mol. The number of aliphatic hydroxyl groups excluding tert-OH is 1. The van der Waals surface area contributed by atoms with Crippen LogP contribution in [0.3, 0.4) is 0 Å². The quantitative estimate of drug-likeness (QED) is 0.788. The van der Waals surface area contributed by atoms with Gasteiger partial charge in [0, 0.05) is 15.9 Å². The van der Waals surface area contributed by atoms with Gasteiger partial charge < -0.3 is 15.2 Å². The van der Waals surface area contributed by atoms with Crippen LogP contribution in [0.25, 0.3) is 0 Å². The summed E-state index contributed by atoms with van der Waals surface area (Å²) in [5.41, 5.74) is 1.24. The van der Waals surface area contributed by atoms with Crippen LogP contribution in [-0.2, 0) is 11.3 Å². The minimum atomic E-state index is -0.629. The molecule has 1 aromatic carbocycles. The van der Waals surface area contributed by atoms with E-state index in [0.717, 1.165) is 9.35 Å². The number of nitrogens with zero attached hydrogens (tertiary/aromatic N) is 1. The SMILES string of the molecule is N#Cc1ccc(Br)cc1NCC(O)COCc1cccs1. The predicted molar refractivity (Wildman–Crippen MR) is 87.3 cm³/mol. The standard InChI is InChI=1S/C15H15BrN2O2S/c16-12-4-3-11(7-17)15(6-12)18-8-13(19)9-20-10-14-2-1-5-21-14/h1-6,13,18-19H,8-10H2. The number of ether oxygens (including phenoxy) is 1. The highest BCUT2D eigenvalue weighted by Gasteiger charge is 2.07. The van der Waals surface area contributed by atoms with E-state index < -0.39 is 6.10 Å². The number of nitriles is 1. The average Bonchev–Trinajstić information content (AvgIpc) is 2.98. The zero-order valence-electron chi connectivity index (χ0n) is 11.3. The maximum atomic E-state index is 9.89. The van der Waals surface area contributed by atoms with E-state index in [1.54, 1.807) is 17.4 Å². The van der Waals surface area contributed by atoms with Crippen molar-refractivity contribution in [2.75, 3.05) is 18.5 Å². The molecule has 0 aliphatic carbocycles. The average molecular weight is 367 g/mol. The van der Waals surface area contributed by atoms with Crippen molar-refractivity contribution >= 4 is 33.0 Å². The predicted octanol–water partition coefficient (Wildman–Crippen LogP) is 3.37. The molecule has 2 aromatic rings. The Hall–Kier alpha value is -1.39. The number of halogens is 1. The lowest BCUT2D eigenvalue weighted by molar-refractivity contribution is 0.0359. The third-order valence-electron chi connectivity index (χ3n) is 2.76. The second-order valence-corrected chi connectivity index (χ2v) is 6.38. The summed E-state index contributed by atoms with van der Waals surface area (Å²) in [4.78, 5) is 1.13. The lowest BCUT2D eigenvalue weighted by Crippen LogP contribution is -2.25. The highest BCUT2D eigenvalue weighted by atomic mass is 79.9. The molecular formula is C15H15BrN2O2S. The molecule has 0 spiro atoms. The van der Waals surface area contributed by atoms with Gasteiger partial charge in [0.1, 0.15) is 6.07 Å². The summed E-state index contributed by atoms with van der Waals surface area (Å²) in [5, 5.41) is 24.0. The van der Waals surface area contributed by atoms with Crippen LogP contribution in [0.15, 0.2) is 40.2 Å². The van der Waals surface area contributed by atoms with Gasteiger partial charge in [-0.1, -0.05) is 22.0 Å². The van der Waals surface area contributed by atoms with E-state index in [4.69, 9.17) is 10.00 Å². The van der Waals surface area contributed by atoms with Gasteiger partial charge in [-0.25, -0.2) is 0 Å². The van der Waals surface area contributed by atoms with Crippen molar-refractivity contribution in [1.82, 2.24) is 0 Å². The molecule has 0 amide bonds. The Labute approximate surface area is 136 Å². The van der Waals surface area contributed by atoms with Gasteiger partial charge in [-0.3, -0.25) is 0 Å². The Morgan fingerprint density at radius 3 is 3.00 bits per heavy atom. The summed E-state index contributed by atoms with van der Waals surface area (Å²) in [7, 11) is 0. The molecule has 0 bridgehead atoms. The zero-order valence-corrected chi connectivity index (χ0v) is 13.7. The van der Waals surface area contributed by atoms with E-state index in [-0.39, 0.29) is 6.61 Å². The summed E-state index contributed by atoms with van der Waals surface area (Å²) in [6.07, 6.45) is -0.629. The van der Waals surface area contributed by atoms with Gasteiger partial charge in [-0.15, -0.1) is 11.3 Å². The minimum Gasteiger partial charge on any atom is -0.389 e. The van der Waals surface area contributed by atoms with Gasteiger partial charge >= 0.3 is 0 Å². The maximum Gasteiger partial charge on any atom is 0.101 e. The third-order valence-corrected chi connectivity index (χ3v) is 4.11. The normalized spacial score (nSPS) is 11.9. The molecule has 1 unspecified atom stereocenters. The fourth-order valence-corrected chi connectivity index (χ4v) is 2.74. The number of thiophene rings is 1. The largest absolute Gasteiger partial charge is 0.389 e. The van der Waals surface area contributed by atoms with E-state index in [2.05, 4.69) is 27.3 Å². The molecule has 0 aliphatic rings. The van der Waals surface area contributed by atoms with Gasteiger partial charge in [0.25, 0.3) is 0 Å². The Morgan fingerprint density at radius 2 is 2.29 bits per heavy atom. The van der Waals surface area contributed by atoms with Crippen LogP contribution in [0.4, 0.5) is 5.69 Å². The van der Waals surface area contributed by atoms with Crippen molar-refractivity contribution in [1.29, 1.82) is 5.26 Å². The first-order valence-electron chi connectivity index (χ1n) is 6.40. The number of nitrogens with one attached hydrogen (secondary N) is 1. The maximum absolute atomic E-state index is 9.89. The topological polar surface area (TPSA) is 65.3 Å². The lowest BCUT2D eigenvalue weighted by Gasteiger charge is -2.14. The third kappa shape index (κ3) is 5.14. The Kier molecular flexibility index (Phi) is 6.21. The molecule has 0 radical (unpaired) electrons. The summed E-state index contributed by atoms with van der Waals surface area (Å²) in [6, 6.07) is 11.4. The monoisotopic (exact) mass is 366 g/mol. The second-order valence-electron chi connectivity index (χ2n) is 4.43. The number of aliphatic hydroxyl groups is 1. The molecule has 110 valence electrons. The van der Waals surface area contributed by atoms with Crippen molar-refractivity contribution in [3.05, 3.63) is 50.6 Å². The molecule has 0 saturated heterocycles. The summed E-state index contributed by atoms with van der Waals surface area (Å²) in [5.74, 6) is 0. The number of hydrogen-bond donors (Lipinski definition) is 2. The van der Waals surface area contributed by atoms with Gasteiger partial charge in [0.15, 0.2) is 0 Å². The van der Waals surface area contributed by atoms with Gasteiger partial charge in [0.2, 0.25) is 0 Å². The van der Waals surface area contributed by atoms with E-state index in [1.165, 1.54) is 0 Å². The molecule has 2 N–H and O–H groups in total. The van der Waals surface area contributed by atoms with Crippen molar-refractivity contribution in [2.24, 2.45) is 0 Å². The zero-order chi connectivity index (χ0) is 15.1. The first-order chi connectivity index (χ1) is 10.2. The molecule has 0 fully saturated rings. The number of rotatable bonds is 7. The number of anilines is 1.